The molecular weight excluding hydrogens is 138 g/mol. The highest BCUT2D eigenvalue weighted by Gasteiger charge is 2.33. The van der Waals surface area contributed by atoms with Crippen LogP contribution in [0.25, 0.3) is 0 Å². The number of hydrogen-bond donors (Lipinski definition) is 2. The molecule has 1 saturated carbocycles. The molecule has 2 nitrogen and oxygen atoms in total. The number of hydrogen-bond acceptors (Lipinski definition) is 2. The van der Waals surface area contributed by atoms with Crippen LogP contribution in [0.15, 0.2) is 0 Å². The Balaban J connectivity index is 2.55. The fourth-order valence-electron chi connectivity index (χ4n) is 1.98. The summed E-state index contributed by atoms with van der Waals surface area (Å²) in [5, 5.41) is 9.62. The Morgan fingerprint density at radius 1 is 1.27 bits per heavy atom. The summed E-state index contributed by atoms with van der Waals surface area (Å²) in [6.07, 6.45) is 4.25. The molecule has 0 aliphatic heterocycles. The molecule has 0 aromatic rings. The first-order chi connectivity index (χ1) is 5.02. The molecule has 2 heteroatoms. The second-order valence-corrected chi connectivity index (χ2v) is 4.28. The van der Waals surface area contributed by atoms with Gasteiger partial charge in [0.25, 0.3) is 0 Å². The van der Waals surface area contributed by atoms with Gasteiger partial charge in [0.15, 0.2) is 0 Å². The molecule has 66 valence electrons. The van der Waals surface area contributed by atoms with Gasteiger partial charge in [-0.05, 0) is 26.7 Å². The molecule has 1 aliphatic carbocycles. The van der Waals surface area contributed by atoms with E-state index in [-0.39, 0.29) is 11.6 Å². The normalized spacial score (nSPS) is 33.8. The van der Waals surface area contributed by atoms with Crippen LogP contribution >= 0.6 is 0 Å². The molecule has 2 unspecified atom stereocenters. The lowest BCUT2D eigenvalue weighted by molar-refractivity contribution is 0.0350. The van der Waals surface area contributed by atoms with Crippen molar-refractivity contribution in [3.63, 3.8) is 0 Å². The molecule has 11 heavy (non-hydrogen) atoms. The van der Waals surface area contributed by atoms with Gasteiger partial charge in [0.05, 0.1) is 6.10 Å². The molecule has 3 N–H and O–H groups in total. The van der Waals surface area contributed by atoms with E-state index in [9.17, 15) is 5.11 Å². The fraction of sp³-hybridized carbons (Fsp3) is 1.00. The van der Waals surface area contributed by atoms with Crippen molar-refractivity contribution in [1.82, 2.24) is 0 Å². The van der Waals surface area contributed by atoms with Crippen LogP contribution in [0.2, 0.25) is 0 Å². The molecule has 1 rings (SSSR count). The van der Waals surface area contributed by atoms with Gasteiger partial charge in [0, 0.05) is 11.5 Å². The quantitative estimate of drug-likeness (QED) is 0.602. The third kappa shape index (κ3) is 2.17. The second kappa shape index (κ2) is 3.11. The first-order valence-corrected chi connectivity index (χ1v) is 4.49. The largest absolute Gasteiger partial charge is 0.393 e. The lowest BCUT2D eigenvalue weighted by atomic mass is 9.75. The van der Waals surface area contributed by atoms with E-state index in [4.69, 9.17) is 5.73 Å². The van der Waals surface area contributed by atoms with Gasteiger partial charge in [-0.25, -0.2) is 0 Å². The minimum absolute atomic E-state index is 0.163. The zero-order valence-electron chi connectivity index (χ0n) is 7.51. The molecule has 0 bridgehead atoms. The average molecular weight is 157 g/mol. The minimum atomic E-state index is -0.208. The topological polar surface area (TPSA) is 46.2 Å². The Bertz CT molecular complexity index is 128. The highest BCUT2D eigenvalue weighted by molar-refractivity contribution is 4.89. The molecule has 0 amide bonds. The molecule has 0 heterocycles. The van der Waals surface area contributed by atoms with Gasteiger partial charge in [-0.1, -0.05) is 12.8 Å². The van der Waals surface area contributed by atoms with Crippen LogP contribution in [0.4, 0.5) is 0 Å². The van der Waals surface area contributed by atoms with E-state index in [1.807, 2.05) is 13.8 Å². The summed E-state index contributed by atoms with van der Waals surface area (Å²) in [7, 11) is 0. The summed E-state index contributed by atoms with van der Waals surface area (Å²) in [6.45, 7) is 4.01. The summed E-state index contributed by atoms with van der Waals surface area (Å²) in [5.74, 6) is 0.302. The molecule has 0 aromatic carbocycles. The van der Waals surface area contributed by atoms with Crippen LogP contribution in [0.1, 0.15) is 39.5 Å². The Morgan fingerprint density at radius 2 is 1.82 bits per heavy atom. The van der Waals surface area contributed by atoms with Crippen LogP contribution in [-0.4, -0.2) is 16.7 Å². The van der Waals surface area contributed by atoms with E-state index < -0.39 is 0 Å². The number of nitrogens with two attached hydrogens (primary N) is 1. The predicted octanol–water partition coefficient (Wildman–Crippen LogP) is 1.27. The summed E-state index contributed by atoms with van der Waals surface area (Å²) in [5.41, 5.74) is 5.73. The highest BCUT2D eigenvalue weighted by atomic mass is 16.3. The van der Waals surface area contributed by atoms with E-state index in [1.165, 1.54) is 6.42 Å². The maximum absolute atomic E-state index is 9.62. The molecule has 2 atom stereocenters. The van der Waals surface area contributed by atoms with E-state index in [1.54, 1.807) is 0 Å². The van der Waals surface area contributed by atoms with Crippen LogP contribution in [0.3, 0.4) is 0 Å². The number of aliphatic hydroxyl groups excluding tert-OH is 1. The maximum atomic E-state index is 9.62. The SMILES string of the molecule is CC(C)(N)C1CCCCC1O. The Morgan fingerprint density at radius 3 is 2.18 bits per heavy atom. The lowest BCUT2D eigenvalue weighted by Crippen LogP contribution is -2.47. The van der Waals surface area contributed by atoms with Crippen molar-refractivity contribution in [1.29, 1.82) is 0 Å². The zero-order valence-corrected chi connectivity index (χ0v) is 7.51. The first-order valence-electron chi connectivity index (χ1n) is 4.49. The van der Waals surface area contributed by atoms with Gasteiger partial charge in [-0.15, -0.1) is 0 Å². The third-order valence-corrected chi connectivity index (χ3v) is 2.69. The van der Waals surface area contributed by atoms with Crippen molar-refractivity contribution in [3.8, 4) is 0 Å². The average Bonchev–Trinajstić information content (AvgIpc) is 1.86. The van der Waals surface area contributed by atoms with Crippen LogP contribution in [0, 0.1) is 5.92 Å². The summed E-state index contributed by atoms with van der Waals surface area (Å²) < 4.78 is 0. The van der Waals surface area contributed by atoms with Gasteiger partial charge in [0.2, 0.25) is 0 Å². The highest BCUT2D eigenvalue weighted by Crippen LogP contribution is 2.31. The van der Waals surface area contributed by atoms with Crippen molar-refractivity contribution in [2.45, 2.75) is 51.2 Å². The Kier molecular flexibility index (Phi) is 2.55. The van der Waals surface area contributed by atoms with E-state index in [2.05, 4.69) is 0 Å². The molecule has 0 aromatic heterocycles. The smallest absolute Gasteiger partial charge is 0.0585 e. The lowest BCUT2D eigenvalue weighted by Gasteiger charge is -2.37. The summed E-state index contributed by atoms with van der Waals surface area (Å²) in [4.78, 5) is 0. The summed E-state index contributed by atoms with van der Waals surface area (Å²) in [6, 6.07) is 0. The van der Waals surface area contributed by atoms with Gasteiger partial charge in [-0.2, -0.15) is 0 Å². The standard InChI is InChI=1S/C9H19NO/c1-9(2,10)7-5-3-4-6-8(7)11/h7-8,11H,3-6,10H2,1-2H3. The molecule has 1 fully saturated rings. The van der Waals surface area contributed by atoms with Crippen LogP contribution in [-0.2, 0) is 0 Å². The van der Waals surface area contributed by atoms with Crippen molar-refractivity contribution in [2.75, 3.05) is 0 Å². The molecular formula is C9H19NO. The van der Waals surface area contributed by atoms with Crippen LogP contribution < -0.4 is 5.73 Å². The van der Waals surface area contributed by atoms with Gasteiger partial charge in [0.1, 0.15) is 0 Å². The third-order valence-electron chi connectivity index (χ3n) is 2.69. The van der Waals surface area contributed by atoms with E-state index >= 15 is 0 Å². The second-order valence-electron chi connectivity index (χ2n) is 4.28. The maximum Gasteiger partial charge on any atom is 0.0585 e. The molecule has 1 aliphatic rings. The minimum Gasteiger partial charge on any atom is -0.393 e. The van der Waals surface area contributed by atoms with Gasteiger partial charge in [-0.3, -0.25) is 0 Å². The molecule has 0 saturated heterocycles. The number of rotatable bonds is 1. The van der Waals surface area contributed by atoms with E-state index in [0.29, 0.717) is 5.92 Å². The van der Waals surface area contributed by atoms with Crippen molar-refractivity contribution in [2.24, 2.45) is 11.7 Å². The zero-order chi connectivity index (χ0) is 8.48. The molecule has 0 radical (unpaired) electrons. The van der Waals surface area contributed by atoms with Crippen molar-refractivity contribution in [3.05, 3.63) is 0 Å². The summed E-state index contributed by atoms with van der Waals surface area (Å²) >= 11 is 0. The van der Waals surface area contributed by atoms with Gasteiger partial charge < -0.3 is 10.8 Å². The molecule has 0 spiro atoms. The van der Waals surface area contributed by atoms with Crippen molar-refractivity contribution >= 4 is 0 Å². The monoisotopic (exact) mass is 157 g/mol. The predicted molar refractivity (Wildman–Crippen MR) is 46.2 cm³/mol. The van der Waals surface area contributed by atoms with Gasteiger partial charge >= 0.3 is 0 Å². The first kappa shape index (κ1) is 9.01. The van der Waals surface area contributed by atoms with Crippen molar-refractivity contribution < 1.29 is 5.11 Å². The number of aliphatic hydroxyl groups is 1. The van der Waals surface area contributed by atoms with Crippen LogP contribution in [0.5, 0.6) is 0 Å². The Hall–Kier alpha value is -0.0800. The van der Waals surface area contributed by atoms with E-state index in [0.717, 1.165) is 19.3 Å². The Labute approximate surface area is 68.8 Å². The fourth-order valence-corrected chi connectivity index (χ4v) is 1.98.